The molecule has 0 aliphatic carbocycles. The summed E-state index contributed by atoms with van der Waals surface area (Å²) in [5, 5.41) is 4.03. The van der Waals surface area contributed by atoms with Gasteiger partial charge in [-0.2, -0.15) is 10.6 Å². The second kappa shape index (κ2) is 9.14. The number of pyridine rings is 1. The number of hydrogen-bond acceptors (Lipinski definition) is 5. The summed E-state index contributed by atoms with van der Waals surface area (Å²) < 4.78 is 24.3. The molecule has 1 saturated heterocycles. The Hall–Kier alpha value is -3.57. The van der Waals surface area contributed by atoms with Crippen molar-refractivity contribution in [3.05, 3.63) is 99.6 Å². The Balaban J connectivity index is 1.43. The average molecular weight is 527 g/mol. The monoisotopic (exact) mass is 526 g/mol. The van der Waals surface area contributed by atoms with E-state index >= 15 is 0 Å². The largest absolute Gasteiger partial charge is 0.366 e. The number of rotatable bonds is 5. The van der Waals surface area contributed by atoms with Gasteiger partial charge in [0.1, 0.15) is 0 Å². The fraction of sp³-hybridized carbons (Fsp3) is 0.160. The molecule has 11 heteroatoms. The Morgan fingerprint density at radius 3 is 2.44 bits per heavy atom. The van der Waals surface area contributed by atoms with Gasteiger partial charge in [0.2, 0.25) is 5.91 Å². The highest BCUT2D eigenvalue weighted by Gasteiger charge is 2.40. The molecule has 4 aromatic rings. The van der Waals surface area contributed by atoms with Crippen LogP contribution in [-0.2, 0) is 0 Å². The van der Waals surface area contributed by atoms with Gasteiger partial charge in [-0.1, -0.05) is 23.7 Å². The zero-order valence-corrected chi connectivity index (χ0v) is 20.4. The van der Waals surface area contributed by atoms with Crippen LogP contribution in [0.1, 0.15) is 26.8 Å². The predicted molar refractivity (Wildman–Crippen MR) is 140 cm³/mol. The van der Waals surface area contributed by atoms with Gasteiger partial charge in [-0.05, 0) is 42.5 Å². The molecule has 2 aromatic carbocycles. The molecular formula is C25H23ClN4O5S. The van der Waals surface area contributed by atoms with Crippen LogP contribution in [0.4, 0.5) is 0 Å². The number of nitrogens with one attached hydrogen (secondary N) is 1. The van der Waals surface area contributed by atoms with Crippen LogP contribution in [0.25, 0.3) is 16.6 Å². The van der Waals surface area contributed by atoms with Crippen LogP contribution >= 0.6 is 22.2 Å². The normalized spacial score (nSPS) is 19.8. The third kappa shape index (κ3) is 4.51. The molecule has 0 saturated carbocycles. The Morgan fingerprint density at radius 2 is 1.75 bits per heavy atom. The van der Waals surface area contributed by atoms with Crippen LogP contribution in [0.3, 0.4) is 0 Å². The number of aromatic nitrogens is 2. The molecule has 1 fully saturated rings. The number of amides is 2. The molecule has 2 unspecified atom stereocenters. The van der Waals surface area contributed by atoms with E-state index in [1.165, 1.54) is 10.6 Å². The van der Waals surface area contributed by atoms with E-state index in [1.807, 2.05) is 0 Å². The van der Waals surface area contributed by atoms with Crippen molar-refractivity contribution in [2.24, 2.45) is 5.73 Å². The summed E-state index contributed by atoms with van der Waals surface area (Å²) in [4.78, 5) is 36.9. The van der Waals surface area contributed by atoms with E-state index in [9.17, 15) is 23.5 Å². The van der Waals surface area contributed by atoms with Gasteiger partial charge >= 0.3 is 0 Å². The van der Waals surface area contributed by atoms with Crippen molar-refractivity contribution in [1.29, 1.82) is 0 Å². The summed E-state index contributed by atoms with van der Waals surface area (Å²) >= 11 is 6.42. The van der Waals surface area contributed by atoms with Gasteiger partial charge in [-0.15, -0.1) is 0 Å². The lowest BCUT2D eigenvalue weighted by molar-refractivity contribution is 0.0932. The van der Waals surface area contributed by atoms with Crippen molar-refractivity contribution in [3.8, 4) is 5.69 Å². The van der Waals surface area contributed by atoms with Crippen LogP contribution in [0, 0.1) is 0 Å². The van der Waals surface area contributed by atoms with Gasteiger partial charge in [0.05, 0.1) is 34.1 Å². The Bertz CT molecular complexity index is 1550. The molecule has 2 aromatic heterocycles. The molecule has 5 rings (SSSR count). The summed E-state index contributed by atoms with van der Waals surface area (Å²) in [5.74, 6) is -0.986. The molecule has 186 valence electrons. The molecule has 9 nitrogen and oxygen atoms in total. The molecule has 36 heavy (non-hydrogen) atoms. The lowest BCUT2D eigenvalue weighted by Crippen LogP contribution is -2.40. The molecule has 5 N–H and O–H groups in total. The van der Waals surface area contributed by atoms with E-state index in [4.69, 9.17) is 17.3 Å². The van der Waals surface area contributed by atoms with Gasteiger partial charge < -0.3 is 15.6 Å². The minimum atomic E-state index is -2.96. The maximum absolute atomic E-state index is 13.1. The molecule has 1 aliphatic heterocycles. The summed E-state index contributed by atoms with van der Waals surface area (Å²) in [6.07, 6.45) is 3.30. The minimum Gasteiger partial charge on any atom is -0.366 e. The molecule has 1 aliphatic rings. The third-order valence-electron chi connectivity index (χ3n) is 6.32. The number of benzene rings is 2. The van der Waals surface area contributed by atoms with Crippen molar-refractivity contribution in [2.45, 2.75) is 12.1 Å². The van der Waals surface area contributed by atoms with E-state index in [0.29, 0.717) is 32.7 Å². The number of nitrogens with two attached hydrogens (primary N) is 1. The standard InChI is InChI=1S/C25H23ClN4O5S/c26-19-12-30(21-11-16(24(27)32)6-9-18(19)21)22-14-36(34,35)13-20(22)28-25(33)15-4-7-17(8-5-15)29-10-2-1-3-23(29)31/h1-12,20,22,34-35H,13-14H2,(H2,27,32)(H,28,33). The number of hydrogen-bond donors (Lipinski definition) is 4. The zero-order chi connectivity index (χ0) is 25.6. The first-order valence-electron chi connectivity index (χ1n) is 11.1. The van der Waals surface area contributed by atoms with Crippen LogP contribution in [-0.4, -0.2) is 47.6 Å². The lowest BCUT2D eigenvalue weighted by atomic mass is 10.1. The van der Waals surface area contributed by atoms with Crippen molar-refractivity contribution < 1.29 is 18.7 Å². The summed E-state index contributed by atoms with van der Waals surface area (Å²) in [6.45, 7) is 0. The van der Waals surface area contributed by atoms with E-state index in [0.717, 1.165) is 0 Å². The average Bonchev–Trinajstić information content (AvgIpc) is 3.34. The minimum absolute atomic E-state index is 0.0201. The number of nitrogens with zero attached hydrogens (tertiary/aromatic N) is 2. The van der Waals surface area contributed by atoms with Crippen molar-refractivity contribution in [3.63, 3.8) is 0 Å². The quantitative estimate of drug-likeness (QED) is 0.314. The molecule has 2 atom stereocenters. The van der Waals surface area contributed by atoms with Crippen molar-refractivity contribution in [1.82, 2.24) is 14.5 Å². The second-order valence-electron chi connectivity index (χ2n) is 8.72. The number of carbonyl (C=O) groups excluding carboxylic acids is 2. The van der Waals surface area contributed by atoms with Gasteiger partial charge in [0.15, 0.2) is 0 Å². The molecule has 0 bridgehead atoms. The van der Waals surface area contributed by atoms with Gasteiger partial charge in [0.25, 0.3) is 11.5 Å². The van der Waals surface area contributed by atoms with Crippen LogP contribution in [0.2, 0.25) is 5.02 Å². The van der Waals surface area contributed by atoms with Crippen LogP contribution < -0.4 is 16.6 Å². The first-order valence-corrected chi connectivity index (χ1v) is 13.3. The fourth-order valence-corrected chi connectivity index (χ4v) is 6.79. The molecular weight excluding hydrogens is 504 g/mol. The first-order chi connectivity index (χ1) is 17.1. The van der Waals surface area contributed by atoms with Crippen LogP contribution in [0.15, 0.2) is 77.9 Å². The number of fused-ring (bicyclic) bond motifs is 1. The maximum Gasteiger partial charge on any atom is 0.255 e. The Kier molecular flexibility index (Phi) is 6.13. The third-order valence-corrected chi connectivity index (χ3v) is 8.39. The molecule has 0 spiro atoms. The zero-order valence-electron chi connectivity index (χ0n) is 18.9. The number of carbonyl (C=O) groups is 2. The van der Waals surface area contributed by atoms with E-state index in [2.05, 4.69) is 5.32 Å². The molecule has 0 radical (unpaired) electrons. The highest BCUT2D eigenvalue weighted by Crippen LogP contribution is 2.51. The summed E-state index contributed by atoms with van der Waals surface area (Å²) in [5.41, 5.74) is 7.12. The van der Waals surface area contributed by atoms with Gasteiger partial charge in [-0.3, -0.25) is 28.1 Å². The highest BCUT2D eigenvalue weighted by molar-refractivity contribution is 8.24. The number of halogens is 1. The predicted octanol–water partition coefficient (Wildman–Crippen LogP) is 3.65. The Labute approximate surface area is 212 Å². The summed E-state index contributed by atoms with van der Waals surface area (Å²) in [6, 6.07) is 15.1. The lowest BCUT2D eigenvalue weighted by Gasteiger charge is -2.26. The maximum atomic E-state index is 13.1. The van der Waals surface area contributed by atoms with Crippen molar-refractivity contribution >= 4 is 44.9 Å². The van der Waals surface area contributed by atoms with E-state index in [-0.39, 0.29) is 17.1 Å². The highest BCUT2D eigenvalue weighted by atomic mass is 35.5. The van der Waals surface area contributed by atoms with Gasteiger partial charge in [-0.25, -0.2) is 0 Å². The SMILES string of the molecule is NC(=O)c1ccc2c(Cl)cn(C3CS(O)(O)CC3NC(=O)c3ccc(-n4ccccc4=O)cc3)c2c1. The second-order valence-corrected chi connectivity index (χ2v) is 11.4. The smallest absolute Gasteiger partial charge is 0.255 e. The molecule has 2 amide bonds. The van der Waals surface area contributed by atoms with Crippen LogP contribution in [0.5, 0.6) is 0 Å². The van der Waals surface area contributed by atoms with E-state index in [1.54, 1.807) is 71.6 Å². The van der Waals surface area contributed by atoms with Gasteiger partial charge in [0, 0.05) is 40.7 Å². The Morgan fingerprint density at radius 1 is 1.03 bits per heavy atom. The first kappa shape index (κ1) is 24.1. The van der Waals surface area contributed by atoms with E-state index < -0.39 is 34.5 Å². The topological polar surface area (TPSA) is 140 Å². The summed E-state index contributed by atoms with van der Waals surface area (Å²) in [7, 11) is -2.96. The number of primary amides is 1. The fourth-order valence-electron chi connectivity index (χ4n) is 4.57. The molecule has 3 heterocycles. The van der Waals surface area contributed by atoms with Crippen molar-refractivity contribution in [2.75, 3.05) is 11.5 Å².